The molecule has 0 amide bonds. The lowest BCUT2D eigenvalue weighted by molar-refractivity contribution is 0.789. The number of hydrogen-bond donors (Lipinski definition) is 0. The summed E-state index contributed by atoms with van der Waals surface area (Å²) in [4.78, 5) is 0. The highest BCUT2D eigenvalue weighted by molar-refractivity contribution is 6.26. The van der Waals surface area contributed by atoms with E-state index in [1.165, 1.54) is 98.9 Å². The van der Waals surface area contributed by atoms with Crippen LogP contribution in [0, 0.1) is 13.8 Å². The van der Waals surface area contributed by atoms with E-state index in [1.54, 1.807) is 43.8 Å². The summed E-state index contributed by atoms with van der Waals surface area (Å²) in [7, 11) is 0. The van der Waals surface area contributed by atoms with Gasteiger partial charge in [-0.2, -0.15) is 0 Å². The van der Waals surface area contributed by atoms with Crippen molar-refractivity contribution in [1.82, 2.24) is 0 Å². The van der Waals surface area contributed by atoms with E-state index in [-0.39, 0.29) is 0 Å². The first-order chi connectivity index (χ1) is 16.5. The average Bonchev–Trinajstić information content (AvgIpc) is 2.85. The molecule has 182 valence electrons. The van der Waals surface area contributed by atoms with Gasteiger partial charge in [-0.05, 0) is 131 Å². The fraction of sp³-hybridized carbons (Fsp3) is 0.529. The van der Waals surface area contributed by atoms with E-state index in [9.17, 15) is 0 Å². The van der Waals surface area contributed by atoms with Crippen LogP contribution in [-0.4, -0.2) is 0 Å². The molecule has 0 heterocycles. The fourth-order valence-electron chi connectivity index (χ4n) is 6.03. The minimum absolute atomic E-state index is 1.19. The zero-order valence-corrected chi connectivity index (χ0v) is 22.8. The maximum atomic E-state index is 2.60. The maximum Gasteiger partial charge on any atom is -0.00209 e. The highest BCUT2D eigenvalue weighted by Crippen LogP contribution is 2.43. The van der Waals surface area contributed by atoms with Gasteiger partial charge in [0.15, 0.2) is 0 Å². The summed E-state index contributed by atoms with van der Waals surface area (Å²) in [5.74, 6) is 0. The summed E-state index contributed by atoms with van der Waals surface area (Å²) >= 11 is 0. The van der Waals surface area contributed by atoms with Crippen molar-refractivity contribution in [1.29, 1.82) is 0 Å². The molecule has 0 aromatic heterocycles. The summed E-state index contributed by atoms with van der Waals surface area (Å²) in [5.41, 5.74) is 9.37. The average molecular weight is 455 g/mol. The van der Waals surface area contributed by atoms with Gasteiger partial charge in [0.05, 0.1) is 0 Å². The molecule has 0 atom stereocenters. The molecule has 0 heteroatoms. The second-order valence-electron chi connectivity index (χ2n) is 10.7. The van der Waals surface area contributed by atoms with Gasteiger partial charge in [-0.3, -0.25) is 0 Å². The molecule has 0 aliphatic rings. The number of unbranched alkanes of at least 4 members (excludes halogenated alkanes) is 4. The molecule has 0 nitrogen and oxygen atoms in total. The molecule has 0 spiro atoms. The Morgan fingerprint density at radius 3 is 1.03 bits per heavy atom. The lowest BCUT2D eigenvalue weighted by atomic mass is 9.81. The van der Waals surface area contributed by atoms with Crippen molar-refractivity contribution in [3.8, 4) is 0 Å². The predicted molar refractivity (Wildman–Crippen MR) is 154 cm³/mol. The lowest BCUT2D eigenvalue weighted by Crippen LogP contribution is -2.02. The van der Waals surface area contributed by atoms with E-state index >= 15 is 0 Å². The molecule has 0 aliphatic heterocycles. The zero-order chi connectivity index (χ0) is 24.2. The molecule has 0 aliphatic carbocycles. The number of benzene rings is 4. The minimum atomic E-state index is 1.19. The Morgan fingerprint density at radius 2 is 0.706 bits per heavy atom. The highest BCUT2D eigenvalue weighted by atomic mass is 14.2. The SMILES string of the molecule is CCCCc1cc2c(CCCC)cc3c(C)c(CCCC)cc4c(CCCC)cc(c1C)c2c43. The third-order valence-corrected chi connectivity index (χ3v) is 8.26. The standard InChI is InChI=1S/C34H46/c1-7-11-15-25-19-31-27(17-13-9-3)22-30-24(6)26(16-12-8-2)20-32-28(18-14-10-4)21-29(23(25)5)33(31)34(30)32/h19-22H,7-18H2,1-6H3. The maximum absolute atomic E-state index is 2.60. The summed E-state index contributed by atoms with van der Waals surface area (Å²) in [6.45, 7) is 14.1. The van der Waals surface area contributed by atoms with Crippen LogP contribution in [-0.2, 0) is 25.7 Å². The molecule has 4 aromatic carbocycles. The van der Waals surface area contributed by atoms with Gasteiger partial charge in [0.2, 0.25) is 0 Å². The summed E-state index contributed by atoms with van der Waals surface area (Å²) in [6, 6.07) is 10.4. The van der Waals surface area contributed by atoms with Crippen molar-refractivity contribution < 1.29 is 0 Å². The van der Waals surface area contributed by atoms with Gasteiger partial charge in [-0.1, -0.05) is 77.6 Å². The molecule has 0 N–H and O–H groups in total. The van der Waals surface area contributed by atoms with Gasteiger partial charge in [-0.15, -0.1) is 0 Å². The molecule has 0 saturated carbocycles. The third-order valence-electron chi connectivity index (χ3n) is 8.26. The first-order valence-corrected chi connectivity index (χ1v) is 14.3. The molecule has 4 rings (SSSR count). The Balaban J connectivity index is 2.13. The number of aryl methyl sites for hydroxylation is 6. The van der Waals surface area contributed by atoms with Gasteiger partial charge in [0, 0.05) is 0 Å². The predicted octanol–water partition coefficient (Wildman–Crippen LogP) is 10.6. The van der Waals surface area contributed by atoms with Crippen molar-refractivity contribution in [2.75, 3.05) is 0 Å². The monoisotopic (exact) mass is 454 g/mol. The van der Waals surface area contributed by atoms with E-state index < -0.39 is 0 Å². The molecular formula is C34H46. The van der Waals surface area contributed by atoms with Gasteiger partial charge in [0.1, 0.15) is 0 Å². The fourth-order valence-corrected chi connectivity index (χ4v) is 6.03. The van der Waals surface area contributed by atoms with Crippen LogP contribution in [0.3, 0.4) is 0 Å². The Morgan fingerprint density at radius 1 is 0.412 bits per heavy atom. The summed E-state index contributed by atoms with van der Waals surface area (Å²) in [5, 5.41) is 9.27. The zero-order valence-electron chi connectivity index (χ0n) is 22.8. The second kappa shape index (κ2) is 11.1. The van der Waals surface area contributed by atoms with Crippen LogP contribution in [0.4, 0.5) is 0 Å². The van der Waals surface area contributed by atoms with Crippen molar-refractivity contribution in [3.05, 3.63) is 57.6 Å². The van der Waals surface area contributed by atoms with Crippen LogP contribution >= 0.6 is 0 Å². The lowest BCUT2D eigenvalue weighted by Gasteiger charge is -2.23. The van der Waals surface area contributed by atoms with Gasteiger partial charge < -0.3 is 0 Å². The topological polar surface area (TPSA) is 0 Å². The molecule has 4 aromatic rings. The van der Waals surface area contributed by atoms with Gasteiger partial charge in [0.25, 0.3) is 0 Å². The Hall–Kier alpha value is -2.08. The van der Waals surface area contributed by atoms with Crippen LogP contribution in [0.25, 0.3) is 32.3 Å². The Kier molecular flexibility index (Phi) is 8.18. The molecule has 0 bridgehead atoms. The van der Waals surface area contributed by atoms with Crippen LogP contribution in [0.2, 0.25) is 0 Å². The van der Waals surface area contributed by atoms with Crippen LogP contribution in [0.1, 0.15) is 112 Å². The molecule has 0 saturated heterocycles. The van der Waals surface area contributed by atoms with E-state index in [0.717, 1.165) is 0 Å². The normalized spacial score (nSPS) is 12.1. The van der Waals surface area contributed by atoms with E-state index in [2.05, 4.69) is 65.8 Å². The van der Waals surface area contributed by atoms with Crippen molar-refractivity contribution in [2.45, 2.75) is 119 Å². The minimum Gasteiger partial charge on any atom is -0.0654 e. The van der Waals surface area contributed by atoms with E-state index in [0.29, 0.717) is 0 Å². The molecule has 0 radical (unpaired) electrons. The first-order valence-electron chi connectivity index (χ1n) is 14.3. The highest BCUT2D eigenvalue weighted by Gasteiger charge is 2.20. The van der Waals surface area contributed by atoms with Gasteiger partial charge in [-0.25, -0.2) is 0 Å². The first kappa shape index (κ1) is 25.0. The smallest absolute Gasteiger partial charge is 0.00209 e. The second-order valence-corrected chi connectivity index (χ2v) is 10.7. The number of hydrogen-bond acceptors (Lipinski definition) is 0. The van der Waals surface area contributed by atoms with E-state index in [1.807, 2.05) is 0 Å². The van der Waals surface area contributed by atoms with Crippen LogP contribution in [0.5, 0.6) is 0 Å². The largest absolute Gasteiger partial charge is 0.0654 e. The summed E-state index contributed by atoms with van der Waals surface area (Å²) < 4.78 is 0. The Labute approximate surface area is 208 Å². The quantitative estimate of drug-likeness (QED) is 0.187. The molecule has 0 fully saturated rings. The molecule has 0 unspecified atom stereocenters. The third kappa shape index (κ3) is 4.58. The van der Waals surface area contributed by atoms with Crippen molar-refractivity contribution >= 4 is 32.3 Å². The van der Waals surface area contributed by atoms with E-state index in [4.69, 9.17) is 0 Å². The van der Waals surface area contributed by atoms with Crippen molar-refractivity contribution in [3.63, 3.8) is 0 Å². The van der Waals surface area contributed by atoms with Crippen molar-refractivity contribution in [2.24, 2.45) is 0 Å². The number of rotatable bonds is 12. The molecule has 34 heavy (non-hydrogen) atoms. The van der Waals surface area contributed by atoms with Crippen LogP contribution < -0.4 is 0 Å². The Bertz CT molecular complexity index is 1160. The van der Waals surface area contributed by atoms with Gasteiger partial charge >= 0.3 is 0 Å². The molecular weight excluding hydrogens is 408 g/mol. The summed E-state index contributed by atoms with van der Waals surface area (Å²) in [6.07, 6.45) is 14.9. The van der Waals surface area contributed by atoms with Crippen LogP contribution in [0.15, 0.2) is 24.3 Å².